The van der Waals surface area contributed by atoms with E-state index in [0.29, 0.717) is 5.92 Å². The molecule has 0 unspecified atom stereocenters. The standard InChI is InChI=1S/C15H32N2O/c1-4-9-17(10-11-18-12-14(2)3)15(13-16)7-5-6-8-15/h14H,4-13,16H2,1-3H3. The third-order valence-electron chi connectivity index (χ3n) is 4.04. The lowest BCUT2D eigenvalue weighted by Crippen LogP contribution is -2.53. The average Bonchev–Trinajstić information content (AvgIpc) is 2.82. The maximum absolute atomic E-state index is 6.07. The summed E-state index contributed by atoms with van der Waals surface area (Å²) in [6.45, 7) is 11.4. The Bertz CT molecular complexity index is 213. The molecule has 0 bridgehead atoms. The molecule has 3 heteroatoms. The SMILES string of the molecule is CCCN(CCOCC(C)C)C1(CN)CCCC1. The van der Waals surface area contributed by atoms with Crippen LogP contribution in [0, 0.1) is 5.92 Å². The van der Waals surface area contributed by atoms with Crippen LogP contribution in [0.25, 0.3) is 0 Å². The van der Waals surface area contributed by atoms with Crippen LogP contribution in [0.2, 0.25) is 0 Å². The van der Waals surface area contributed by atoms with Crippen LogP contribution in [-0.2, 0) is 4.74 Å². The lowest BCUT2D eigenvalue weighted by molar-refractivity contribution is 0.0393. The highest BCUT2D eigenvalue weighted by Gasteiger charge is 2.37. The van der Waals surface area contributed by atoms with E-state index in [1.54, 1.807) is 0 Å². The zero-order valence-corrected chi connectivity index (χ0v) is 12.6. The van der Waals surface area contributed by atoms with Crippen molar-refractivity contribution in [3.63, 3.8) is 0 Å². The molecule has 1 saturated carbocycles. The van der Waals surface area contributed by atoms with Crippen molar-refractivity contribution in [1.82, 2.24) is 4.90 Å². The lowest BCUT2D eigenvalue weighted by Gasteiger charge is -2.40. The molecule has 0 aromatic heterocycles. The third kappa shape index (κ3) is 4.52. The highest BCUT2D eigenvalue weighted by atomic mass is 16.5. The number of ether oxygens (including phenoxy) is 1. The molecule has 0 amide bonds. The van der Waals surface area contributed by atoms with Crippen LogP contribution in [0.15, 0.2) is 0 Å². The van der Waals surface area contributed by atoms with Gasteiger partial charge in [0.15, 0.2) is 0 Å². The van der Waals surface area contributed by atoms with E-state index >= 15 is 0 Å². The largest absolute Gasteiger partial charge is 0.380 e. The molecule has 18 heavy (non-hydrogen) atoms. The van der Waals surface area contributed by atoms with Gasteiger partial charge in [0.05, 0.1) is 6.61 Å². The lowest BCUT2D eigenvalue weighted by atomic mass is 9.95. The van der Waals surface area contributed by atoms with Crippen molar-refractivity contribution in [3.05, 3.63) is 0 Å². The minimum Gasteiger partial charge on any atom is -0.380 e. The summed E-state index contributed by atoms with van der Waals surface area (Å²) in [5.74, 6) is 0.625. The number of rotatable bonds is 9. The molecule has 0 aliphatic heterocycles. The van der Waals surface area contributed by atoms with Gasteiger partial charge < -0.3 is 10.5 Å². The summed E-state index contributed by atoms with van der Waals surface area (Å²) < 4.78 is 5.74. The molecular weight excluding hydrogens is 224 g/mol. The van der Waals surface area contributed by atoms with Gasteiger partial charge in [0.25, 0.3) is 0 Å². The summed E-state index contributed by atoms with van der Waals surface area (Å²) in [7, 11) is 0. The van der Waals surface area contributed by atoms with Gasteiger partial charge in [-0.25, -0.2) is 0 Å². The summed E-state index contributed by atoms with van der Waals surface area (Å²) in [4.78, 5) is 2.60. The molecule has 0 heterocycles. The smallest absolute Gasteiger partial charge is 0.0593 e. The minimum atomic E-state index is 0.275. The summed E-state index contributed by atoms with van der Waals surface area (Å²) >= 11 is 0. The van der Waals surface area contributed by atoms with Crippen molar-refractivity contribution < 1.29 is 4.74 Å². The van der Waals surface area contributed by atoms with Crippen molar-refractivity contribution in [2.24, 2.45) is 11.7 Å². The Hall–Kier alpha value is -0.120. The Labute approximate surface area is 113 Å². The Morgan fingerprint density at radius 2 is 1.89 bits per heavy atom. The second-order valence-corrected chi connectivity index (χ2v) is 6.09. The Morgan fingerprint density at radius 3 is 2.39 bits per heavy atom. The van der Waals surface area contributed by atoms with Crippen LogP contribution in [0.4, 0.5) is 0 Å². The van der Waals surface area contributed by atoms with Crippen molar-refractivity contribution in [1.29, 1.82) is 0 Å². The van der Waals surface area contributed by atoms with Crippen LogP contribution in [0.5, 0.6) is 0 Å². The average molecular weight is 256 g/mol. The first-order valence-corrected chi connectivity index (χ1v) is 7.67. The fraction of sp³-hybridized carbons (Fsp3) is 1.00. The molecule has 0 atom stereocenters. The minimum absolute atomic E-state index is 0.275. The van der Waals surface area contributed by atoms with Crippen LogP contribution in [0.3, 0.4) is 0 Å². The van der Waals surface area contributed by atoms with E-state index in [9.17, 15) is 0 Å². The van der Waals surface area contributed by atoms with E-state index < -0.39 is 0 Å². The Morgan fingerprint density at radius 1 is 1.22 bits per heavy atom. The molecule has 0 aromatic carbocycles. The molecule has 1 rings (SSSR count). The first-order chi connectivity index (χ1) is 8.64. The normalized spacial score (nSPS) is 19.0. The fourth-order valence-corrected chi connectivity index (χ4v) is 3.03. The molecular formula is C15H32N2O. The van der Waals surface area contributed by atoms with Crippen molar-refractivity contribution in [3.8, 4) is 0 Å². The second-order valence-electron chi connectivity index (χ2n) is 6.09. The summed E-state index contributed by atoms with van der Waals surface area (Å²) in [5.41, 5.74) is 6.34. The molecule has 0 spiro atoms. The summed E-state index contributed by atoms with van der Waals surface area (Å²) in [6.07, 6.45) is 6.42. The maximum atomic E-state index is 6.07. The maximum Gasteiger partial charge on any atom is 0.0593 e. The molecule has 3 nitrogen and oxygen atoms in total. The third-order valence-corrected chi connectivity index (χ3v) is 4.04. The van der Waals surface area contributed by atoms with Gasteiger partial charge in [0.1, 0.15) is 0 Å². The summed E-state index contributed by atoms with van der Waals surface area (Å²) in [6, 6.07) is 0. The zero-order chi connectivity index (χ0) is 13.4. The van der Waals surface area contributed by atoms with E-state index in [0.717, 1.165) is 32.8 Å². The van der Waals surface area contributed by atoms with Crippen molar-refractivity contribution >= 4 is 0 Å². The molecule has 1 fully saturated rings. The van der Waals surface area contributed by atoms with Crippen molar-refractivity contribution in [2.45, 2.75) is 58.4 Å². The van der Waals surface area contributed by atoms with E-state index in [1.165, 1.54) is 32.1 Å². The number of nitrogens with two attached hydrogens (primary N) is 1. The zero-order valence-electron chi connectivity index (χ0n) is 12.6. The molecule has 1 aliphatic carbocycles. The molecule has 108 valence electrons. The Kier molecular flexibility index (Phi) is 7.20. The van der Waals surface area contributed by atoms with Crippen molar-refractivity contribution in [2.75, 3.05) is 32.8 Å². The van der Waals surface area contributed by atoms with Crippen LogP contribution in [0.1, 0.15) is 52.9 Å². The number of nitrogens with zero attached hydrogens (tertiary/aromatic N) is 1. The first-order valence-electron chi connectivity index (χ1n) is 7.67. The van der Waals surface area contributed by atoms with Gasteiger partial charge in [-0.05, 0) is 31.7 Å². The number of hydrogen-bond donors (Lipinski definition) is 1. The topological polar surface area (TPSA) is 38.5 Å². The van der Waals surface area contributed by atoms with E-state index in [4.69, 9.17) is 10.5 Å². The van der Waals surface area contributed by atoms with Gasteiger partial charge >= 0.3 is 0 Å². The molecule has 0 aromatic rings. The summed E-state index contributed by atoms with van der Waals surface area (Å²) in [5, 5.41) is 0. The molecule has 2 N–H and O–H groups in total. The molecule has 1 aliphatic rings. The van der Waals surface area contributed by atoms with Gasteiger partial charge in [-0.2, -0.15) is 0 Å². The predicted octanol–water partition coefficient (Wildman–Crippen LogP) is 2.64. The van der Waals surface area contributed by atoms with Gasteiger partial charge in [-0.1, -0.05) is 33.6 Å². The highest BCUT2D eigenvalue weighted by Crippen LogP contribution is 2.34. The van der Waals surface area contributed by atoms with E-state index in [2.05, 4.69) is 25.7 Å². The van der Waals surface area contributed by atoms with Gasteiger partial charge in [0.2, 0.25) is 0 Å². The molecule has 0 saturated heterocycles. The Balaban J connectivity index is 2.42. The predicted molar refractivity (Wildman–Crippen MR) is 77.8 cm³/mol. The first kappa shape index (κ1) is 15.9. The van der Waals surface area contributed by atoms with E-state index in [-0.39, 0.29) is 5.54 Å². The van der Waals surface area contributed by atoms with Gasteiger partial charge in [0, 0.05) is 25.2 Å². The molecule has 0 radical (unpaired) electrons. The van der Waals surface area contributed by atoms with Crippen LogP contribution < -0.4 is 5.73 Å². The quantitative estimate of drug-likeness (QED) is 0.645. The monoisotopic (exact) mass is 256 g/mol. The van der Waals surface area contributed by atoms with Crippen LogP contribution >= 0.6 is 0 Å². The van der Waals surface area contributed by atoms with Gasteiger partial charge in [-0.15, -0.1) is 0 Å². The second kappa shape index (κ2) is 8.13. The number of hydrogen-bond acceptors (Lipinski definition) is 3. The van der Waals surface area contributed by atoms with E-state index in [1.807, 2.05) is 0 Å². The van der Waals surface area contributed by atoms with Gasteiger partial charge in [-0.3, -0.25) is 4.90 Å². The fourth-order valence-electron chi connectivity index (χ4n) is 3.03. The highest BCUT2D eigenvalue weighted by molar-refractivity contribution is 4.95. The van der Waals surface area contributed by atoms with Crippen LogP contribution in [-0.4, -0.2) is 43.3 Å².